The summed E-state index contributed by atoms with van der Waals surface area (Å²) in [6.07, 6.45) is -1.81. The van der Waals surface area contributed by atoms with Crippen LogP contribution in [0.3, 0.4) is 0 Å². The third-order valence-electron chi connectivity index (χ3n) is 2.43. The highest BCUT2D eigenvalue weighted by molar-refractivity contribution is 5.92. The van der Waals surface area contributed by atoms with E-state index < -0.39 is 25.0 Å². The number of aliphatic hydroxyl groups excluding tert-OH is 1. The van der Waals surface area contributed by atoms with Gasteiger partial charge in [-0.2, -0.15) is 0 Å². The largest absolute Gasteiger partial charge is 0.472 e. The van der Waals surface area contributed by atoms with Crippen molar-refractivity contribution in [1.29, 1.82) is 0 Å². The second-order valence-corrected chi connectivity index (χ2v) is 4.22. The molecule has 7 heteroatoms. The molecule has 1 rings (SSSR count). The Morgan fingerprint density at radius 3 is 2.90 bits per heavy atom. The number of nitrogens with one attached hydrogen (secondary N) is 1. The van der Waals surface area contributed by atoms with E-state index in [4.69, 9.17) is 4.74 Å². The minimum absolute atomic E-state index is 0.0351. The van der Waals surface area contributed by atoms with E-state index in [1.165, 1.54) is 18.2 Å². The maximum Gasteiger partial charge on any atom is 0.272 e. The molecule has 0 aromatic carbocycles. The normalized spacial score (nSPS) is 12.2. The molecule has 1 amide bonds. The Morgan fingerprint density at radius 2 is 2.25 bits per heavy atom. The van der Waals surface area contributed by atoms with Crippen LogP contribution in [0.25, 0.3) is 0 Å². The number of rotatable bonds is 8. The highest BCUT2D eigenvalue weighted by atomic mass is 19.3. The number of alkyl halides is 2. The minimum atomic E-state index is -2.60. The number of aliphatic hydroxyl groups is 1. The fourth-order valence-electron chi connectivity index (χ4n) is 1.51. The van der Waals surface area contributed by atoms with Crippen LogP contribution in [0.1, 0.15) is 30.3 Å². The van der Waals surface area contributed by atoms with Crippen LogP contribution in [0.4, 0.5) is 8.78 Å². The fourth-order valence-corrected chi connectivity index (χ4v) is 1.51. The van der Waals surface area contributed by atoms with Crippen molar-refractivity contribution >= 4 is 5.91 Å². The molecule has 0 aliphatic rings. The molecule has 0 aliphatic heterocycles. The molecule has 0 fully saturated rings. The van der Waals surface area contributed by atoms with Gasteiger partial charge >= 0.3 is 0 Å². The van der Waals surface area contributed by atoms with Gasteiger partial charge in [0.25, 0.3) is 12.3 Å². The lowest BCUT2D eigenvalue weighted by Crippen LogP contribution is -2.32. The quantitative estimate of drug-likeness (QED) is 0.762. The topological polar surface area (TPSA) is 71.5 Å². The van der Waals surface area contributed by atoms with E-state index in [1.54, 1.807) is 0 Å². The Bertz CT molecular complexity index is 430. The summed E-state index contributed by atoms with van der Waals surface area (Å²) in [5.74, 6) is -0.519. The van der Waals surface area contributed by atoms with Crippen molar-refractivity contribution < 1.29 is 23.4 Å². The van der Waals surface area contributed by atoms with E-state index in [1.807, 2.05) is 6.92 Å². The standard InChI is InChI=1S/C13H18F2N2O3/c1-2-4-9(18)7-16-13(19)10-5-3-6-12(17-10)20-8-11(14)15/h3,5-6,9,11,18H,2,4,7-8H2,1H3,(H,16,19). The number of carbonyl (C=O) groups is 1. The number of hydrogen-bond acceptors (Lipinski definition) is 4. The SMILES string of the molecule is CCCC(O)CNC(=O)c1cccc(OCC(F)F)n1. The summed E-state index contributed by atoms with van der Waals surface area (Å²) in [7, 11) is 0. The second kappa shape index (κ2) is 8.42. The average Bonchev–Trinajstić information content (AvgIpc) is 2.43. The van der Waals surface area contributed by atoms with Gasteiger partial charge in [0.05, 0.1) is 6.10 Å². The van der Waals surface area contributed by atoms with Gasteiger partial charge in [-0.15, -0.1) is 0 Å². The van der Waals surface area contributed by atoms with Crippen LogP contribution in [-0.4, -0.2) is 41.7 Å². The average molecular weight is 288 g/mol. The number of halogens is 2. The second-order valence-electron chi connectivity index (χ2n) is 4.22. The third-order valence-corrected chi connectivity index (χ3v) is 2.43. The fraction of sp³-hybridized carbons (Fsp3) is 0.538. The number of aromatic nitrogens is 1. The van der Waals surface area contributed by atoms with Gasteiger partial charge in [0.15, 0.2) is 6.61 Å². The summed E-state index contributed by atoms with van der Waals surface area (Å²) in [6, 6.07) is 4.33. The molecule has 20 heavy (non-hydrogen) atoms. The summed E-state index contributed by atoms with van der Waals surface area (Å²) in [5.41, 5.74) is 0.0560. The van der Waals surface area contributed by atoms with Gasteiger partial charge in [-0.1, -0.05) is 19.4 Å². The first kappa shape index (κ1) is 16.3. The molecule has 1 heterocycles. The van der Waals surface area contributed by atoms with Crippen LogP contribution in [0, 0.1) is 0 Å². The van der Waals surface area contributed by atoms with Gasteiger partial charge < -0.3 is 15.2 Å². The van der Waals surface area contributed by atoms with Crippen molar-refractivity contribution in [3.63, 3.8) is 0 Å². The zero-order valence-corrected chi connectivity index (χ0v) is 11.2. The smallest absolute Gasteiger partial charge is 0.272 e. The number of carbonyl (C=O) groups excluding carboxylic acids is 1. The minimum Gasteiger partial charge on any atom is -0.472 e. The van der Waals surface area contributed by atoms with Gasteiger partial charge in [-0.05, 0) is 12.5 Å². The Labute approximate surface area is 116 Å². The zero-order valence-electron chi connectivity index (χ0n) is 11.2. The van der Waals surface area contributed by atoms with E-state index >= 15 is 0 Å². The predicted molar refractivity (Wildman–Crippen MR) is 69.0 cm³/mol. The first-order valence-corrected chi connectivity index (χ1v) is 6.37. The lowest BCUT2D eigenvalue weighted by molar-refractivity contribution is 0.0791. The van der Waals surface area contributed by atoms with Crippen LogP contribution < -0.4 is 10.1 Å². The Hall–Kier alpha value is -1.76. The Kier molecular flexibility index (Phi) is 6.86. The molecule has 1 atom stereocenters. The van der Waals surface area contributed by atoms with E-state index in [9.17, 15) is 18.7 Å². The van der Waals surface area contributed by atoms with Crippen LogP contribution >= 0.6 is 0 Å². The van der Waals surface area contributed by atoms with E-state index in [0.717, 1.165) is 6.42 Å². The molecule has 1 aromatic heterocycles. The number of nitrogens with zero attached hydrogens (tertiary/aromatic N) is 1. The van der Waals surface area contributed by atoms with Gasteiger partial charge in [0.1, 0.15) is 5.69 Å². The summed E-state index contributed by atoms with van der Waals surface area (Å²) in [6.45, 7) is 1.28. The third kappa shape index (κ3) is 5.92. The molecule has 0 bridgehead atoms. The molecule has 0 aliphatic carbocycles. The van der Waals surface area contributed by atoms with Gasteiger partial charge in [0, 0.05) is 12.6 Å². The highest BCUT2D eigenvalue weighted by Gasteiger charge is 2.11. The molecule has 5 nitrogen and oxygen atoms in total. The zero-order chi connectivity index (χ0) is 15.0. The van der Waals surface area contributed by atoms with Gasteiger partial charge in [0.2, 0.25) is 5.88 Å². The number of hydrogen-bond donors (Lipinski definition) is 2. The van der Waals surface area contributed by atoms with Crippen molar-refractivity contribution in [3.8, 4) is 5.88 Å². The Morgan fingerprint density at radius 1 is 1.50 bits per heavy atom. The van der Waals surface area contributed by atoms with Gasteiger partial charge in [-0.25, -0.2) is 13.8 Å². The number of amides is 1. The predicted octanol–water partition coefficient (Wildman–Crippen LogP) is 1.62. The molecule has 2 N–H and O–H groups in total. The van der Waals surface area contributed by atoms with Crippen LogP contribution in [-0.2, 0) is 0 Å². The first-order chi connectivity index (χ1) is 9.52. The maximum absolute atomic E-state index is 12.0. The molecule has 0 saturated carbocycles. The molecule has 0 radical (unpaired) electrons. The molecule has 112 valence electrons. The lowest BCUT2D eigenvalue weighted by Gasteiger charge is -2.11. The first-order valence-electron chi connectivity index (χ1n) is 6.37. The van der Waals surface area contributed by atoms with E-state index in [0.29, 0.717) is 6.42 Å². The van der Waals surface area contributed by atoms with Crippen molar-refractivity contribution in [2.24, 2.45) is 0 Å². The molecule has 1 aromatic rings. The number of ether oxygens (including phenoxy) is 1. The summed E-state index contributed by atoms with van der Waals surface area (Å²) < 4.78 is 28.7. The van der Waals surface area contributed by atoms with Crippen LogP contribution in [0.15, 0.2) is 18.2 Å². The van der Waals surface area contributed by atoms with E-state index in [-0.39, 0.29) is 18.1 Å². The molecular formula is C13H18F2N2O3. The van der Waals surface area contributed by atoms with Crippen molar-refractivity contribution in [3.05, 3.63) is 23.9 Å². The molecule has 1 unspecified atom stereocenters. The molecular weight excluding hydrogens is 270 g/mol. The van der Waals surface area contributed by atoms with Crippen molar-refractivity contribution in [1.82, 2.24) is 10.3 Å². The summed E-state index contributed by atoms with van der Waals surface area (Å²) in [4.78, 5) is 15.6. The van der Waals surface area contributed by atoms with Crippen molar-refractivity contribution in [2.45, 2.75) is 32.3 Å². The molecule has 0 saturated heterocycles. The summed E-state index contributed by atoms with van der Waals surface area (Å²) >= 11 is 0. The maximum atomic E-state index is 12.0. The summed E-state index contributed by atoms with van der Waals surface area (Å²) in [5, 5.41) is 12.0. The number of pyridine rings is 1. The monoisotopic (exact) mass is 288 g/mol. The van der Waals surface area contributed by atoms with Gasteiger partial charge in [-0.3, -0.25) is 4.79 Å². The Balaban J connectivity index is 2.53. The van der Waals surface area contributed by atoms with E-state index in [2.05, 4.69) is 10.3 Å². The highest BCUT2D eigenvalue weighted by Crippen LogP contribution is 2.09. The molecule has 0 spiro atoms. The van der Waals surface area contributed by atoms with Crippen LogP contribution in [0.2, 0.25) is 0 Å². The van der Waals surface area contributed by atoms with Crippen LogP contribution in [0.5, 0.6) is 5.88 Å². The lowest BCUT2D eigenvalue weighted by atomic mass is 10.2. The van der Waals surface area contributed by atoms with Crippen molar-refractivity contribution in [2.75, 3.05) is 13.2 Å².